The summed E-state index contributed by atoms with van der Waals surface area (Å²) >= 11 is 12.6. The molecule has 0 aliphatic rings. The van der Waals surface area contributed by atoms with Crippen LogP contribution in [0.2, 0.25) is 10.0 Å². The van der Waals surface area contributed by atoms with Crippen LogP contribution < -0.4 is 5.32 Å². The Bertz CT molecular complexity index is 1250. The molecule has 2 aromatic carbocycles. The lowest BCUT2D eigenvalue weighted by Crippen LogP contribution is -2.32. The average molecular weight is 525 g/mol. The number of benzene rings is 2. The van der Waals surface area contributed by atoms with Crippen molar-refractivity contribution in [2.24, 2.45) is 7.05 Å². The average Bonchev–Trinajstić information content (AvgIpc) is 3.11. The van der Waals surface area contributed by atoms with Gasteiger partial charge in [0.2, 0.25) is 0 Å². The number of halogens is 2. The summed E-state index contributed by atoms with van der Waals surface area (Å²) in [4.78, 5) is 25.2. The van der Waals surface area contributed by atoms with E-state index in [1.165, 1.54) is 0 Å². The number of nitrogens with zero attached hydrogens (tertiary/aromatic N) is 1. The zero-order valence-electron chi connectivity index (χ0n) is 19.2. The topological polar surface area (TPSA) is 97.6 Å². The first-order chi connectivity index (χ1) is 16.0. The van der Waals surface area contributed by atoms with Gasteiger partial charge in [-0.3, -0.25) is 13.8 Å². The van der Waals surface area contributed by atoms with Gasteiger partial charge in [0.1, 0.15) is 11.4 Å². The standard InChI is InChI=1S/C24H26Cl2N2O5S/c1-13(2)33-21(30)12-34(32)16-7-5-15(6-8-16)18(11-29)27-24(31)20-10-17-19(28(20)4)9-14(3)22(25)23(17)26/h5-10,13,18,29H,11-12H2,1-4H3,(H,27,31)/t18-,34+/m1/s1. The molecule has 0 saturated heterocycles. The number of carbonyl (C=O) groups excluding carboxylic acids is 2. The van der Waals surface area contributed by atoms with E-state index in [0.717, 1.165) is 11.1 Å². The minimum absolute atomic E-state index is 0.245. The third-order valence-corrected chi connectivity index (χ3v) is 7.56. The van der Waals surface area contributed by atoms with Crippen LogP contribution in [-0.2, 0) is 27.4 Å². The molecule has 0 aliphatic carbocycles. The molecule has 2 N–H and O–H groups in total. The zero-order chi connectivity index (χ0) is 25.2. The fourth-order valence-electron chi connectivity index (χ4n) is 3.55. The SMILES string of the molecule is Cc1cc2c(cc(C(=O)N[C@H](CO)c3ccc([S@@](=O)CC(=O)OC(C)C)cc3)n2C)c(Cl)c1Cl. The molecule has 0 bridgehead atoms. The Balaban J connectivity index is 1.77. The number of carbonyl (C=O) groups is 2. The van der Waals surface area contributed by atoms with E-state index in [9.17, 15) is 18.9 Å². The van der Waals surface area contributed by atoms with Gasteiger partial charge in [-0.25, -0.2) is 0 Å². The summed E-state index contributed by atoms with van der Waals surface area (Å²) in [6, 6.07) is 9.34. The van der Waals surface area contributed by atoms with Crippen LogP contribution in [0.4, 0.5) is 0 Å². The molecular formula is C24H26Cl2N2O5S. The number of ether oxygens (including phenoxy) is 1. The minimum atomic E-state index is -1.56. The molecule has 1 heterocycles. The highest BCUT2D eigenvalue weighted by atomic mass is 35.5. The number of amides is 1. The van der Waals surface area contributed by atoms with E-state index in [2.05, 4.69) is 5.32 Å². The van der Waals surface area contributed by atoms with E-state index in [-0.39, 0.29) is 18.5 Å². The van der Waals surface area contributed by atoms with Gasteiger partial charge in [0.05, 0.1) is 45.1 Å². The Labute approximate surface area is 210 Å². The number of fused-ring (bicyclic) bond motifs is 1. The largest absolute Gasteiger partial charge is 0.462 e. The molecule has 7 nitrogen and oxygen atoms in total. The number of nitrogens with one attached hydrogen (secondary N) is 1. The first kappa shape index (κ1) is 26.2. The number of esters is 1. The summed E-state index contributed by atoms with van der Waals surface area (Å²) in [6.45, 7) is 4.94. The van der Waals surface area contributed by atoms with Gasteiger partial charge in [0, 0.05) is 17.3 Å². The third-order valence-electron chi connectivity index (χ3n) is 5.29. The van der Waals surface area contributed by atoms with Crippen LogP contribution in [0.15, 0.2) is 41.3 Å². The normalized spacial score (nSPS) is 13.2. The number of rotatable bonds is 8. The Kier molecular flexibility index (Phi) is 8.41. The van der Waals surface area contributed by atoms with Crippen molar-refractivity contribution in [2.45, 2.75) is 37.8 Å². The van der Waals surface area contributed by atoms with Gasteiger partial charge in [0.15, 0.2) is 0 Å². The van der Waals surface area contributed by atoms with Crippen molar-refractivity contribution in [3.05, 3.63) is 63.3 Å². The lowest BCUT2D eigenvalue weighted by molar-refractivity contribution is -0.144. The molecule has 2 atom stereocenters. The van der Waals surface area contributed by atoms with Crippen molar-refractivity contribution in [3.63, 3.8) is 0 Å². The smallest absolute Gasteiger partial charge is 0.319 e. The molecular weight excluding hydrogens is 499 g/mol. The predicted octanol–water partition coefficient (Wildman–Crippen LogP) is 4.32. The lowest BCUT2D eigenvalue weighted by Gasteiger charge is -2.17. The van der Waals surface area contributed by atoms with Gasteiger partial charge in [-0.05, 0) is 56.2 Å². The van der Waals surface area contributed by atoms with Crippen LogP contribution in [0.3, 0.4) is 0 Å². The van der Waals surface area contributed by atoms with Gasteiger partial charge in [-0.2, -0.15) is 0 Å². The van der Waals surface area contributed by atoms with Crippen molar-refractivity contribution in [3.8, 4) is 0 Å². The molecule has 3 rings (SSSR count). The van der Waals surface area contributed by atoms with E-state index < -0.39 is 28.7 Å². The van der Waals surface area contributed by atoms with E-state index in [0.29, 0.717) is 31.6 Å². The summed E-state index contributed by atoms with van der Waals surface area (Å²) in [5.41, 5.74) is 2.55. The van der Waals surface area contributed by atoms with Crippen LogP contribution in [0.25, 0.3) is 10.9 Å². The van der Waals surface area contributed by atoms with E-state index >= 15 is 0 Å². The van der Waals surface area contributed by atoms with Gasteiger partial charge >= 0.3 is 5.97 Å². The maximum atomic E-state index is 13.0. The summed E-state index contributed by atoms with van der Waals surface area (Å²) in [5.74, 6) is -1.18. The number of aryl methyl sites for hydroxylation is 2. The molecule has 34 heavy (non-hydrogen) atoms. The molecule has 0 radical (unpaired) electrons. The number of aromatic nitrogens is 1. The molecule has 10 heteroatoms. The quantitative estimate of drug-likeness (QED) is 0.427. The molecule has 0 saturated carbocycles. The van der Waals surface area contributed by atoms with Crippen LogP contribution in [0.1, 0.15) is 41.5 Å². The summed E-state index contributed by atoms with van der Waals surface area (Å²) in [6.07, 6.45) is -0.278. The molecule has 3 aromatic rings. The molecule has 0 fully saturated rings. The lowest BCUT2D eigenvalue weighted by atomic mass is 10.1. The minimum Gasteiger partial charge on any atom is -0.462 e. The van der Waals surface area contributed by atoms with Crippen LogP contribution >= 0.6 is 23.2 Å². The first-order valence-corrected chi connectivity index (χ1v) is 12.6. The van der Waals surface area contributed by atoms with Crippen molar-refractivity contribution in [1.82, 2.24) is 9.88 Å². The monoisotopic (exact) mass is 524 g/mol. The van der Waals surface area contributed by atoms with Crippen LogP contribution in [-0.4, -0.2) is 44.2 Å². The fraction of sp³-hybridized carbons (Fsp3) is 0.333. The van der Waals surface area contributed by atoms with Crippen LogP contribution in [0.5, 0.6) is 0 Å². The van der Waals surface area contributed by atoms with Gasteiger partial charge in [-0.1, -0.05) is 35.3 Å². The van der Waals surface area contributed by atoms with Crippen LogP contribution in [0, 0.1) is 6.92 Å². The van der Waals surface area contributed by atoms with Gasteiger partial charge < -0.3 is 19.7 Å². The molecule has 182 valence electrons. The first-order valence-electron chi connectivity index (χ1n) is 10.6. The van der Waals surface area contributed by atoms with E-state index in [1.54, 1.807) is 55.8 Å². The molecule has 0 aliphatic heterocycles. The summed E-state index contributed by atoms with van der Waals surface area (Å²) < 4.78 is 19.2. The number of hydrogen-bond donors (Lipinski definition) is 2. The zero-order valence-corrected chi connectivity index (χ0v) is 21.6. The fourth-order valence-corrected chi connectivity index (χ4v) is 4.90. The highest BCUT2D eigenvalue weighted by Gasteiger charge is 2.21. The van der Waals surface area contributed by atoms with Gasteiger partial charge in [0.25, 0.3) is 5.91 Å². The number of aliphatic hydroxyl groups excluding tert-OH is 1. The molecule has 1 aromatic heterocycles. The van der Waals surface area contributed by atoms with E-state index in [4.69, 9.17) is 27.9 Å². The Hall–Kier alpha value is -2.39. The highest BCUT2D eigenvalue weighted by Crippen LogP contribution is 2.35. The third kappa shape index (κ3) is 5.63. The maximum Gasteiger partial charge on any atom is 0.319 e. The molecule has 0 spiro atoms. The number of aliphatic hydroxyl groups is 1. The highest BCUT2D eigenvalue weighted by molar-refractivity contribution is 7.85. The molecule has 1 amide bonds. The van der Waals surface area contributed by atoms with Crippen molar-refractivity contribution >= 4 is 56.8 Å². The van der Waals surface area contributed by atoms with E-state index in [1.807, 2.05) is 13.0 Å². The van der Waals surface area contributed by atoms with Crippen molar-refractivity contribution in [1.29, 1.82) is 0 Å². The second-order valence-corrected chi connectivity index (χ2v) is 10.4. The molecule has 0 unspecified atom stereocenters. The second-order valence-electron chi connectivity index (χ2n) is 8.15. The Morgan fingerprint density at radius 2 is 1.79 bits per heavy atom. The summed E-state index contributed by atoms with van der Waals surface area (Å²) in [7, 11) is 0.190. The second kappa shape index (κ2) is 10.9. The van der Waals surface area contributed by atoms with Gasteiger partial charge in [-0.15, -0.1) is 0 Å². The predicted molar refractivity (Wildman–Crippen MR) is 134 cm³/mol. The maximum absolute atomic E-state index is 13.0. The van der Waals surface area contributed by atoms with Crippen molar-refractivity contribution in [2.75, 3.05) is 12.4 Å². The Morgan fingerprint density at radius 3 is 2.38 bits per heavy atom. The Morgan fingerprint density at radius 1 is 1.15 bits per heavy atom. The summed E-state index contributed by atoms with van der Waals surface area (Å²) in [5, 5.41) is 14.2. The number of hydrogen-bond acceptors (Lipinski definition) is 5. The van der Waals surface area contributed by atoms with Crippen molar-refractivity contribution < 1.29 is 23.6 Å².